The van der Waals surface area contributed by atoms with Crippen molar-refractivity contribution in [3.8, 4) is 5.75 Å². The molecule has 1 aromatic rings. The summed E-state index contributed by atoms with van der Waals surface area (Å²) < 4.78 is 29.9. The second-order valence-electron chi connectivity index (χ2n) is 4.85. The highest BCUT2D eigenvalue weighted by Crippen LogP contribution is 2.24. The van der Waals surface area contributed by atoms with Crippen LogP contribution in [0.15, 0.2) is 22.7 Å². The molecule has 2 rings (SSSR count). The van der Waals surface area contributed by atoms with Crippen LogP contribution in [0.2, 0.25) is 0 Å². The molecule has 0 aliphatic carbocycles. The van der Waals surface area contributed by atoms with Crippen LogP contribution in [-0.4, -0.2) is 25.1 Å². The van der Waals surface area contributed by atoms with Gasteiger partial charge < -0.3 is 15.4 Å². The Bertz CT molecular complexity index is 494. The number of piperidine rings is 1. The van der Waals surface area contributed by atoms with Crippen LogP contribution in [0.4, 0.5) is 8.78 Å². The third kappa shape index (κ3) is 4.93. The van der Waals surface area contributed by atoms with Gasteiger partial charge in [-0.1, -0.05) is 22.4 Å². The number of alkyl halides is 2. The van der Waals surface area contributed by atoms with Crippen molar-refractivity contribution in [2.75, 3.05) is 6.54 Å². The first-order chi connectivity index (χ1) is 10.1. The summed E-state index contributed by atoms with van der Waals surface area (Å²) in [5.41, 5.74) is 0.508. The Kier molecular flexibility index (Phi) is 5.93. The fraction of sp³-hybridized carbons (Fsp3) is 0.500. The number of hydrogen-bond acceptors (Lipinski definition) is 3. The summed E-state index contributed by atoms with van der Waals surface area (Å²) >= 11 is 3.28. The molecule has 0 spiro atoms. The van der Waals surface area contributed by atoms with Gasteiger partial charge in [-0.25, -0.2) is 0 Å². The minimum absolute atomic E-state index is 0.0742. The second-order valence-corrected chi connectivity index (χ2v) is 5.77. The summed E-state index contributed by atoms with van der Waals surface area (Å²) in [5, 5.41) is 5.90. The third-order valence-corrected chi connectivity index (χ3v) is 3.81. The summed E-state index contributed by atoms with van der Waals surface area (Å²) in [6, 6.07) is 4.53. The first-order valence-corrected chi connectivity index (χ1v) is 7.60. The number of carbonyl (C=O) groups is 1. The van der Waals surface area contributed by atoms with E-state index in [1.165, 1.54) is 6.07 Å². The Morgan fingerprint density at radius 3 is 2.95 bits per heavy atom. The number of amides is 1. The largest absolute Gasteiger partial charge is 0.434 e. The molecule has 116 valence electrons. The van der Waals surface area contributed by atoms with Crippen molar-refractivity contribution in [2.24, 2.45) is 0 Å². The number of ether oxygens (including phenoxy) is 1. The highest BCUT2D eigenvalue weighted by atomic mass is 79.9. The Balaban J connectivity index is 1.97. The van der Waals surface area contributed by atoms with Crippen molar-refractivity contribution in [1.29, 1.82) is 0 Å². The first kappa shape index (κ1) is 16.2. The molecule has 0 bridgehead atoms. The molecule has 0 aromatic heterocycles. The fourth-order valence-corrected chi connectivity index (χ4v) is 2.69. The summed E-state index contributed by atoms with van der Waals surface area (Å²) in [4.78, 5) is 12.0. The Labute approximate surface area is 130 Å². The number of halogens is 3. The highest BCUT2D eigenvalue weighted by molar-refractivity contribution is 9.10. The van der Waals surface area contributed by atoms with Gasteiger partial charge in [0.25, 0.3) is 0 Å². The van der Waals surface area contributed by atoms with Gasteiger partial charge in [-0.05, 0) is 37.6 Å². The van der Waals surface area contributed by atoms with Crippen molar-refractivity contribution in [1.82, 2.24) is 10.6 Å². The lowest BCUT2D eigenvalue weighted by Gasteiger charge is -2.22. The molecule has 1 heterocycles. The van der Waals surface area contributed by atoms with E-state index in [4.69, 9.17) is 0 Å². The zero-order valence-electron chi connectivity index (χ0n) is 11.4. The lowest BCUT2D eigenvalue weighted by molar-refractivity contribution is -0.123. The number of carbonyl (C=O) groups excluding carboxylic acids is 1. The fourth-order valence-electron chi connectivity index (χ4n) is 2.28. The summed E-state index contributed by atoms with van der Waals surface area (Å²) in [7, 11) is 0. The SMILES string of the molecule is O=C(NCc1cc(Br)ccc1OC(F)F)C1CCCCN1. The maximum absolute atomic E-state index is 12.4. The van der Waals surface area contributed by atoms with E-state index >= 15 is 0 Å². The monoisotopic (exact) mass is 362 g/mol. The van der Waals surface area contributed by atoms with E-state index in [0.717, 1.165) is 30.3 Å². The maximum Gasteiger partial charge on any atom is 0.387 e. The second kappa shape index (κ2) is 7.70. The predicted molar refractivity (Wildman–Crippen MR) is 78.3 cm³/mol. The van der Waals surface area contributed by atoms with Gasteiger partial charge in [0.1, 0.15) is 5.75 Å². The van der Waals surface area contributed by atoms with Gasteiger partial charge in [0.15, 0.2) is 0 Å². The van der Waals surface area contributed by atoms with Crippen molar-refractivity contribution >= 4 is 21.8 Å². The zero-order chi connectivity index (χ0) is 15.2. The molecular weight excluding hydrogens is 346 g/mol. The van der Waals surface area contributed by atoms with Crippen LogP contribution in [0.5, 0.6) is 5.75 Å². The average molecular weight is 363 g/mol. The van der Waals surface area contributed by atoms with E-state index in [1.54, 1.807) is 12.1 Å². The minimum Gasteiger partial charge on any atom is -0.434 e. The standard InChI is InChI=1S/C14H17BrF2N2O2/c15-10-4-5-12(21-14(16)17)9(7-10)8-19-13(20)11-3-1-2-6-18-11/h4-5,7,11,14,18H,1-3,6,8H2,(H,19,20). The molecule has 1 atom stereocenters. The van der Waals surface area contributed by atoms with Crippen LogP contribution in [0.3, 0.4) is 0 Å². The van der Waals surface area contributed by atoms with Crippen LogP contribution >= 0.6 is 15.9 Å². The lowest BCUT2D eigenvalue weighted by Crippen LogP contribution is -2.46. The normalized spacial score (nSPS) is 18.6. The highest BCUT2D eigenvalue weighted by Gasteiger charge is 2.20. The smallest absolute Gasteiger partial charge is 0.387 e. The Morgan fingerprint density at radius 2 is 2.29 bits per heavy atom. The molecule has 1 saturated heterocycles. The van der Waals surface area contributed by atoms with Gasteiger partial charge in [0.2, 0.25) is 5.91 Å². The Hall–Kier alpha value is -1.21. The molecule has 2 N–H and O–H groups in total. The first-order valence-electron chi connectivity index (χ1n) is 6.80. The molecule has 0 radical (unpaired) electrons. The zero-order valence-corrected chi connectivity index (χ0v) is 13.0. The molecule has 21 heavy (non-hydrogen) atoms. The van der Waals surface area contributed by atoms with Crippen molar-refractivity contribution < 1.29 is 18.3 Å². The van der Waals surface area contributed by atoms with Gasteiger partial charge in [0.05, 0.1) is 6.04 Å². The molecule has 1 fully saturated rings. The van der Waals surface area contributed by atoms with Crippen molar-refractivity contribution in [2.45, 2.75) is 38.5 Å². The van der Waals surface area contributed by atoms with Crippen molar-refractivity contribution in [3.05, 3.63) is 28.2 Å². The lowest BCUT2D eigenvalue weighted by atomic mass is 10.0. The summed E-state index contributed by atoms with van der Waals surface area (Å²) in [6.45, 7) is -1.91. The molecule has 1 unspecified atom stereocenters. The van der Waals surface area contributed by atoms with Crippen LogP contribution in [0.25, 0.3) is 0 Å². The number of benzene rings is 1. The van der Waals surface area contributed by atoms with E-state index in [9.17, 15) is 13.6 Å². The summed E-state index contributed by atoms with van der Waals surface area (Å²) in [5.74, 6) is -0.0391. The van der Waals surface area contributed by atoms with E-state index in [-0.39, 0.29) is 24.2 Å². The topological polar surface area (TPSA) is 50.4 Å². The molecule has 0 saturated carbocycles. The molecule has 1 amide bonds. The van der Waals surface area contributed by atoms with Gasteiger partial charge in [-0.3, -0.25) is 4.79 Å². The maximum atomic E-state index is 12.4. The van der Waals surface area contributed by atoms with E-state index in [0.29, 0.717) is 5.56 Å². The van der Waals surface area contributed by atoms with Crippen LogP contribution in [0.1, 0.15) is 24.8 Å². The third-order valence-electron chi connectivity index (χ3n) is 3.32. The quantitative estimate of drug-likeness (QED) is 0.846. The minimum atomic E-state index is -2.89. The molecule has 4 nitrogen and oxygen atoms in total. The Morgan fingerprint density at radius 1 is 1.48 bits per heavy atom. The van der Waals surface area contributed by atoms with Crippen LogP contribution in [0, 0.1) is 0 Å². The van der Waals surface area contributed by atoms with Crippen LogP contribution < -0.4 is 15.4 Å². The van der Waals surface area contributed by atoms with Gasteiger partial charge in [-0.2, -0.15) is 8.78 Å². The predicted octanol–water partition coefficient (Wildman–Crippen LogP) is 2.81. The van der Waals surface area contributed by atoms with E-state index < -0.39 is 6.61 Å². The molecule has 1 aromatic carbocycles. The molecule has 7 heteroatoms. The van der Waals surface area contributed by atoms with Gasteiger partial charge in [0, 0.05) is 16.6 Å². The average Bonchev–Trinajstić information content (AvgIpc) is 2.47. The number of rotatable bonds is 5. The van der Waals surface area contributed by atoms with Gasteiger partial charge in [-0.15, -0.1) is 0 Å². The molecular formula is C14H17BrF2N2O2. The van der Waals surface area contributed by atoms with Crippen LogP contribution in [-0.2, 0) is 11.3 Å². The van der Waals surface area contributed by atoms with Gasteiger partial charge >= 0.3 is 6.61 Å². The van der Waals surface area contributed by atoms with E-state index in [1.807, 2.05) is 0 Å². The molecule has 1 aliphatic rings. The summed E-state index contributed by atoms with van der Waals surface area (Å²) in [6.07, 6.45) is 2.88. The number of hydrogen-bond donors (Lipinski definition) is 2. The molecule has 1 aliphatic heterocycles. The number of nitrogens with one attached hydrogen (secondary N) is 2. The van der Waals surface area contributed by atoms with Crippen molar-refractivity contribution in [3.63, 3.8) is 0 Å². The van der Waals surface area contributed by atoms with E-state index in [2.05, 4.69) is 31.3 Å².